The maximum Gasteiger partial charge on any atom is 0.274 e. The van der Waals surface area contributed by atoms with Crippen LogP contribution in [0.15, 0.2) is 41.0 Å². The predicted molar refractivity (Wildman–Crippen MR) is 107 cm³/mol. The van der Waals surface area contributed by atoms with Crippen molar-refractivity contribution >= 4 is 5.91 Å². The van der Waals surface area contributed by atoms with E-state index in [0.29, 0.717) is 30.0 Å². The van der Waals surface area contributed by atoms with E-state index < -0.39 is 11.6 Å². The molecule has 0 spiro atoms. The van der Waals surface area contributed by atoms with Crippen LogP contribution < -0.4 is 5.32 Å². The van der Waals surface area contributed by atoms with Gasteiger partial charge in [0.1, 0.15) is 17.4 Å². The van der Waals surface area contributed by atoms with Gasteiger partial charge in [0, 0.05) is 43.5 Å². The lowest BCUT2D eigenvalue weighted by molar-refractivity contribution is 0.0767. The number of rotatable bonds is 6. The molecule has 2 aromatic heterocycles. The molecule has 8 heteroatoms. The van der Waals surface area contributed by atoms with Crippen molar-refractivity contribution in [3.05, 3.63) is 76.5 Å². The van der Waals surface area contributed by atoms with Gasteiger partial charge in [0.15, 0.2) is 5.69 Å². The van der Waals surface area contributed by atoms with E-state index in [1.165, 1.54) is 6.07 Å². The van der Waals surface area contributed by atoms with E-state index >= 15 is 0 Å². The maximum atomic E-state index is 13.9. The number of carbonyl (C=O) groups is 1. The fraction of sp³-hybridized carbons (Fsp3) is 0.364. The first kappa shape index (κ1) is 20.3. The second-order valence-electron chi connectivity index (χ2n) is 7.69. The molecule has 1 aliphatic rings. The Bertz CT molecular complexity index is 1050. The van der Waals surface area contributed by atoms with E-state index in [9.17, 15) is 13.6 Å². The maximum absolute atomic E-state index is 13.9. The molecule has 30 heavy (non-hydrogen) atoms. The van der Waals surface area contributed by atoms with Gasteiger partial charge >= 0.3 is 0 Å². The number of hydrogen-bond donors (Lipinski definition) is 1. The van der Waals surface area contributed by atoms with Crippen LogP contribution in [-0.2, 0) is 33.0 Å². The molecule has 1 N–H and O–H groups in total. The van der Waals surface area contributed by atoms with E-state index in [2.05, 4.69) is 10.4 Å². The van der Waals surface area contributed by atoms with E-state index in [-0.39, 0.29) is 18.5 Å². The predicted octanol–water partition coefficient (Wildman–Crippen LogP) is 3.21. The Morgan fingerprint density at radius 2 is 2.20 bits per heavy atom. The summed E-state index contributed by atoms with van der Waals surface area (Å²) in [7, 11) is 3.56. The van der Waals surface area contributed by atoms with Gasteiger partial charge in [0.2, 0.25) is 0 Å². The number of halogens is 2. The molecular formula is C22H24F2N4O2. The number of aromatic nitrogens is 2. The number of furan rings is 1. The topological polar surface area (TPSA) is 63.3 Å². The highest BCUT2D eigenvalue weighted by molar-refractivity contribution is 5.94. The molecule has 0 saturated carbocycles. The van der Waals surface area contributed by atoms with Crippen molar-refractivity contribution in [2.75, 3.05) is 7.05 Å². The van der Waals surface area contributed by atoms with Crippen LogP contribution in [0.3, 0.4) is 0 Å². The number of benzene rings is 1. The molecular weight excluding hydrogens is 390 g/mol. The van der Waals surface area contributed by atoms with Crippen LogP contribution in [0.1, 0.15) is 39.5 Å². The molecule has 6 nitrogen and oxygen atoms in total. The number of hydrogen-bond acceptors (Lipinski definition) is 4. The summed E-state index contributed by atoms with van der Waals surface area (Å²) in [4.78, 5) is 14.6. The van der Waals surface area contributed by atoms with E-state index in [4.69, 9.17) is 4.42 Å². The van der Waals surface area contributed by atoms with Gasteiger partial charge in [-0.2, -0.15) is 5.10 Å². The molecule has 2 heterocycles. The smallest absolute Gasteiger partial charge is 0.274 e. The van der Waals surface area contributed by atoms with Crippen LogP contribution in [0.5, 0.6) is 0 Å². The highest BCUT2D eigenvalue weighted by atomic mass is 19.1. The highest BCUT2D eigenvalue weighted by Gasteiger charge is 2.29. The minimum atomic E-state index is -0.459. The molecule has 1 aromatic carbocycles. The lowest BCUT2D eigenvalue weighted by Crippen LogP contribution is -2.35. The second-order valence-corrected chi connectivity index (χ2v) is 7.69. The SMILES string of the molecule is CN(Cc1ccco1)C(=O)c1nn(C)c2c1C[C@H](NCc1cc(F)ccc1F)CC2. The average Bonchev–Trinajstić information content (AvgIpc) is 3.36. The summed E-state index contributed by atoms with van der Waals surface area (Å²) < 4.78 is 34.4. The summed E-state index contributed by atoms with van der Waals surface area (Å²) in [6.07, 6.45) is 3.78. The Balaban J connectivity index is 1.47. The standard InChI is InChI=1S/C22H24F2N4O2/c1-27(13-17-4-3-9-30-17)22(29)21-18-11-16(6-8-20(18)28(2)26-21)25-12-14-10-15(23)5-7-19(14)24/h3-5,7,9-10,16,25H,6,8,11-13H2,1-2H3/t16-/m1/s1. The zero-order valence-corrected chi connectivity index (χ0v) is 17.0. The van der Waals surface area contributed by atoms with Crippen molar-refractivity contribution in [2.24, 2.45) is 7.05 Å². The summed E-state index contributed by atoms with van der Waals surface area (Å²) in [5, 5.41) is 7.78. The van der Waals surface area contributed by atoms with E-state index in [1.54, 1.807) is 29.0 Å². The van der Waals surface area contributed by atoms with Crippen LogP contribution in [0.4, 0.5) is 8.78 Å². The molecule has 0 unspecified atom stereocenters. The first-order valence-corrected chi connectivity index (χ1v) is 9.92. The molecule has 0 aliphatic heterocycles. The number of nitrogens with zero attached hydrogens (tertiary/aromatic N) is 3. The van der Waals surface area contributed by atoms with Crippen LogP contribution >= 0.6 is 0 Å². The Hall–Kier alpha value is -3.00. The third kappa shape index (κ3) is 4.14. The van der Waals surface area contributed by atoms with Crippen LogP contribution in [0.2, 0.25) is 0 Å². The summed E-state index contributed by atoms with van der Waals surface area (Å²) >= 11 is 0. The Kier molecular flexibility index (Phi) is 5.67. The first-order valence-electron chi connectivity index (χ1n) is 9.92. The third-order valence-electron chi connectivity index (χ3n) is 5.57. The molecule has 3 aromatic rings. The lowest BCUT2D eigenvalue weighted by Gasteiger charge is -2.25. The summed E-state index contributed by atoms with van der Waals surface area (Å²) in [5.74, 6) is -0.358. The number of carbonyl (C=O) groups excluding carboxylic acids is 1. The lowest BCUT2D eigenvalue weighted by atomic mass is 9.91. The quantitative estimate of drug-likeness (QED) is 0.673. The zero-order valence-electron chi connectivity index (χ0n) is 17.0. The Morgan fingerprint density at radius 1 is 1.37 bits per heavy atom. The van der Waals surface area contributed by atoms with Gasteiger partial charge in [-0.25, -0.2) is 8.78 Å². The van der Waals surface area contributed by atoms with Gasteiger partial charge in [-0.05, 0) is 49.6 Å². The number of nitrogens with one attached hydrogen (secondary N) is 1. The minimum absolute atomic E-state index is 0.0475. The molecule has 158 valence electrons. The molecule has 1 aliphatic carbocycles. The van der Waals surface area contributed by atoms with E-state index in [0.717, 1.165) is 36.2 Å². The van der Waals surface area contributed by atoms with Crippen LogP contribution in [0, 0.1) is 11.6 Å². The molecule has 0 fully saturated rings. The molecule has 1 atom stereocenters. The number of fused-ring (bicyclic) bond motifs is 1. The first-order chi connectivity index (χ1) is 14.4. The molecule has 4 rings (SSSR count). The van der Waals surface area contributed by atoms with Crippen molar-refractivity contribution in [1.29, 1.82) is 0 Å². The van der Waals surface area contributed by atoms with Gasteiger partial charge < -0.3 is 14.6 Å². The fourth-order valence-electron chi connectivity index (χ4n) is 3.96. The second kappa shape index (κ2) is 8.39. The van der Waals surface area contributed by atoms with Crippen molar-refractivity contribution in [3.8, 4) is 0 Å². The van der Waals surface area contributed by atoms with Gasteiger partial charge in [0.05, 0.1) is 12.8 Å². The monoisotopic (exact) mass is 414 g/mol. The zero-order chi connectivity index (χ0) is 21.3. The molecule has 0 radical (unpaired) electrons. The number of amides is 1. The summed E-state index contributed by atoms with van der Waals surface area (Å²) in [5.41, 5.74) is 2.68. The molecule has 0 bridgehead atoms. The third-order valence-corrected chi connectivity index (χ3v) is 5.57. The van der Waals surface area contributed by atoms with Crippen molar-refractivity contribution in [2.45, 2.75) is 38.4 Å². The van der Waals surface area contributed by atoms with Gasteiger partial charge in [-0.15, -0.1) is 0 Å². The van der Waals surface area contributed by atoms with Gasteiger partial charge in [0.25, 0.3) is 5.91 Å². The van der Waals surface area contributed by atoms with Crippen molar-refractivity contribution < 1.29 is 18.0 Å². The Labute approximate surface area is 173 Å². The normalized spacial score (nSPS) is 15.8. The number of aryl methyl sites for hydroxylation is 1. The van der Waals surface area contributed by atoms with Gasteiger partial charge in [-0.1, -0.05) is 0 Å². The van der Waals surface area contributed by atoms with Crippen LogP contribution in [-0.4, -0.2) is 33.7 Å². The summed E-state index contributed by atoms with van der Waals surface area (Å²) in [6, 6.07) is 7.11. The Morgan fingerprint density at radius 3 is 2.97 bits per heavy atom. The largest absolute Gasteiger partial charge is 0.467 e. The molecule has 0 saturated heterocycles. The average molecular weight is 414 g/mol. The van der Waals surface area contributed by atoms with Crippen LogP contribution in [0.25, 0.3) is 0 Å². The van der Waals surface area contributed by atoms with E-state index in [1.807, 2.05) is 13.1 Å². The summed E-state index contributed by atoms with van der Waals surface area (Å²) in [6.45, 7) is 0.587. The molecule has 1 amide bonds. The van der Waals surface area contributed by atoms with Crippen molar-refractivity contribution in [3.63, 3.8) is 0 Å². The minimum Gasteiger partial charge on any atom is -0.467 e. The van der Waals surface area contributed by atoms with Gasteiger partial charge in [-0.3, -0.25) is 9.48 Å². The fourth-order valence-corrected chi connectivity index (χ4v) is 3.96. The van der Waals surface area contributed by atoms with Crippen molar-refractivity contribution in [1.82, 2.24) is 20.0 Å². The highest BCUT2D eigenvalue weighted by Crippen LogP contribution is 2.26.